The quantitative estimate of drug-likeness (QED) is 0.856. The number of hydrogen-bond acceptors (Lipinski definition) is 5. The van der Waals surface area contributed by atoms with Crippen LogP contribution in [-0.4, -0.2) is 29.8 Å². The zero-order chi connectivity index (χ0) is 12.5. The van der Waals surface area contributed by atoms with Crippen LogP contribution in [0.4, 0.5) is 0 Å². The van der Waals surface area contributed by atoms with Crippen molar-refractivity contribution in [2.45, 2.75) is 38.1 Å². The van der Waals surface area contributed by atoms with E-state index in [4.69, 9.17) is 20.2 Å². The lowest BCUT2D eigenvalue weighted by atomic mass is 9.92. The maximum absolute atomic E-state index is 5.90. The minimum Gasteiger partial charge on any atom is -0.477 e. The van der Waals surface area contributed by atoms with E-state index in [0.717, 1.165) is 44.1 Å². The number of ether oxygens (including phenoxy) is 2. The van der Waals surface area contributed by atoms with Gasteiger partial charge in [0.25, 0.3) is 0 Å². The molecule has 3 rings (SSSR count). The lowest BCUT2D eigenvalue weighted by molar-refractivity contribution is 0.0842. The zero-order valence-electron chi connectivity index (χ0n) is 10.7. The second-order valence-electron chi connectivity index (χ2n) is 5.02. The van der Waals surface area contributed by atoms with E-state index in [2.05, 4.69) is 4.98 Å². The zero-order valence-corrected chi connectivity index (χ0v) is 10.7. The first kappa shape index (κ1) is 11.9. The van der Waals surface area contributed by atoms with Gasteiger partial charge in [0, 0.05) is 31.1 Å². The van der Waals surface area contributed by atoms with Crippen LogP contribution < -0.4 is 10.5 Å². The van der Waals surface area contributed by atoms with Crippen molar-refractivity contribution >= 4 is 0 Å². The molecule has 5 nitrogen and oxygen atoms in total. The predicted octanol–water partition coefficient (Wildman–Crippen LogP) is 1.33. The molecule has 1 atom stereocenters. The fraction of sp³-hybridized carbons (Fsp3) is 0.692. The number of rotatable bonds is 2. The van der Waals surface area contributed by atoms with E-state index in [1.807, 2.05) is 6.92 Å². The summed E-state index contributed by atoms with van der Waals surface area (Å²) in [6.45, 7) is 4.25. The Labute approximate surface area is 107 Å². The Bertz CT molecular complexity index is 442. The molecule has 0 amide bonds. The third-order valence-corrected chi connectivity index (χ3v) is 3.62. The van der Waals surface area contributed by atoms with Gasteiger partial charge in [0.1, 0.15) is 5.82 Å². The van der Waals surface area contributed by atoms with Crippen molar-refractivity contribution < 1.29 is 9.47 Å². The van der Waals surface area contributed by atoms with Crippen molar-refractivity contribution in [3.8, 4) is 5.88 Å². The normalized spacial score (nSPS) is 21.4. The maximum Gasteiger partial charge on any atom is 0.220 e. The molecule has 1 unspecified atom stereocenters. The molecule has 0 radical (unpaired) electrons. The first-order chi connectivity index (χ1) is 8.75. The monoisotopic (exact) mass is 249 g/mol. The lowest BCUT2D eigenvalue weighted by Crippen LogP contribution is -2.19. The molecule has 2 N–H and O–H groups in total. The molecular weight excluding hydrogens is 230 g/mol. The molecule has 2 aliphatic heterocycles. The summed E-state index contributed by atoms with van der Waals surface area (Å²) in [5, 5.41) is 0. The molecule has 1 aromatic rings. The Morgan fingerprint density at radius 2 is 2.00 bits per heavy atom. The minimum absolute atomic E-state index is 0.155. The largest absolute Gasteiger partial charge is 0.477 e. The summed E-state index contributed by atoms with van der Waals surface area (Å²) in [7, 11) is 0. The average molecular weight is 249 g/mol. The summed E-state index contributed by atoms with van der Waals surface area (Å²) < 4.78 is 11.0. The maximum atomic E-state index is 5.90. The molecular formula is C13H19N3O2. The standard InChI is InChI=1S/C13H19N3O2/c1-8(14)12-15-11(9-2-5-17-6-3-9)10-4-7-18-13(10)16-12/h8-9H,2-7,14H2,1H3. The second-order valence-corrected chi connectivity index (χ2v) is 5.02. The van der Waals surface area contributed by atoms with Gasteiger partial charge in [-0.3, -0.25) is 0 Å². The molecule has 5 heteroatoms. The SMILES string of the molecule is CC(N)c1nc2c(c(C3CCOCC3)n1)CCO2. The van der Waals surface area contributed by atoms with Crippen LogP contribution in [0.15, 0.2) is 0 Å². The summed E-state index contributed by atoms with van der Waals surface area (Å²) >= 11 is 0. The first-order valence-electron chi connectivity index (χ1n) is 6.62. The smallest absolute Gasteiger partial charge is 0.220 e. The number of fused-ring (bicyclic) bond motifs is 1. The van der Waals surface area contributed by atoms with E-state index < -0.39 is 0 Å². The number of nitrogens with two attached hydrogens (primary N) is 1. The van der Waals surface area contributed by atoms with E-state index in [-0.39, 0.29) is 6.04 Å². The van der Waals surface area contributed by atoms with E-state index in [1.54, 1.807) is 0 Å². The first-order valence-corrected chi connectivity index (χ1v) is 6.62. The van der Waals surface area contributed by atoms with Crippen LogP contribution >= 0.6 is 0 Å². The highest BCUT2D eigenvalue weighted by Crippen LogP contribution is 2.35. The molecule has 0 spiro atoms. The third-order valence-electron chi connectivity index (χ3n) is 3.62. The molecule has 0 aliphatic carbocycles. The van der Waals surface area contributed by atoms with Crippen molar-refractivity contribution in [1.29, 1.82) is 0 Å². The Kier molecular flexibility index (Phi) is 3.18. The molecule has 1 aromatic heterocycles. The van der Waals surface area contributed by atoms with E-state index >= 15 is 0 Å². The summed E-state index contributed by atoms with van der Waals surface area (Å²) in [4.78, 5) is 9.11. The molecule has 98 valence electrons. The van der Waals surface area contributed by atoms with Crippen LogP contribution in [0, 0.1) is 0 Å². The van der Waals surface area contributed by atoms with E-state index in [1.165, 1.54) is 5.56 Å². The average Bonchev–Trinajstić information content (AvgIpc) is 2.86. The Hall–Kier alpha value is -1.20. The van der Waals surface area contributed by atoms with Crippen molar-refractivity contribution in [1.82, 2.24) is 9.97 Å². The van der Waals surface area contributed by atoms with E-state index in [0.29, 0.717) is 18.3 Å². The van der Waals surface area contributed by atoms with Crippen molar-refractivity contribution in [2.24, 2.45) is 5.73 Å². The molecule has 2 aliphatic rings. The number of nitrogens with zero attached hydrogens (tertiary/aromatic N) is 2. The topological polar surface area (TPSA) is 70.3 Å². The lowest BCUT2D eigenvalue weighted by Gasteiger charge is -2.23. The number of hydrogen-bond donors (Lipinski definition) is 1. The predicted molar refractivity (Wildman–Crippen MR) is 66.6 cm³/mol. The van der Waals surface area contributed by atoms with Gasteiger partial charge in [-0.15, -0.1) is 0 Å². The van der Waals surface area contributed by atoms with Crippen molar-refractivity contribution in [2.75, 3.05) is 19.8 Å². The fourth-order valence-electron chi connectivity index (χ4n) is 2.61. The molecule has 0 saturated carbocycles. The van der Waals surface area contributed by atoms with Crippen LogP contribution in [-0.2, 0) is 11.2 Å². The third kappa shape index (κ3) is 2.08. The Morgan fingerprint density at radius 3 is 2.72 bits per heavy atom. The van der Waals surface area contributed by atoms with Crippen molar-refractivity contribution in [3.05, 3.63) is 17.1 Å². The highest BCUT2D eigenvalue weighted by Gasteiger charge is 2.27. The second kappa shape index (κ2) is 4.82. The summed E-state index contributed by atoms with van der Waals surface area (Å²) in [6, 6.07) is -0.155. The molecule has 3 heterocycles. The summed E-state index contributed by atoms with van der Waals surface area (Å²) in [5.41, 5.74) is 8.23. The highest BCUT2D eigenvalue weighted by atomic mass is 16.5. The minimum atomic E-state index is -0.155. The Balaban J connectivity index is 2.00. The van der Waals surface area contributed by atoms with Crippen LogP contribution in [0.3, 0.4) is 0 Å². The van der Waals surface area contributed by atoms with Crippen LogP contribution in [0.1, 0.15) is 48.8 Å². The number of aromatic nitrogens is 2. The highest BCUT2D eigenvalue weighted by molar-refractivity contribution is 5.36. The molecule has 0 bridgehead atoms. The fourth-order valence-corrected chi connectivity index (χ4v) is 2.61. The van der Waals surface area contributed by atoms with Crippen molar-refractivity contribution in [3.63, 3.8) is 0 Å². The van der Waals surface area contributed by atoms with Gasteiger partial charge in [0.2, 0.25) is 5.88 Å². The van der Waals surface area contributed by atoms with Gasteiger partial charge in [-0.1, -0.05) is 0 Å². The van der Waals surface area contributed by atoms with Gasteiger partial charge >= 0.3 is 0 Å². The van der Waals surface area contributed by atoms with Gasteiger partial charge in [0.05, 0.1) is 18.3 Å². The van der Waals surface area contributed by atoms with Crippen LogP contribution in [0.5, 0.6) is 5.88 Å². The van der Waals surface area contributed by atoms with Gasteiger partial charge < -0.3 is 15.2 Å². The summed E-state index contributed by atoms with van der Waals surface area (Å²) in [6.07, 6.45) is 2.98. The Morgan fingerprint density at radius 1 is 1.22 bits per heavy atom. The van der Waals surface area contributed by atoms with Gasteiger partial charge in [-0.25, -0.2) is 4.98 Å². The van der Waals surface area contributed by atoms with Gasteiger partial charge in [-0.2, -0.15) is 4.98 Å². The van der Waals surface area contributed by atoms with E-state index in [9.17, 15) is 0 Å². The molecule has 1 fully saturated rings. The molecule has 0 aromatic carbocycles. The molecule has 1 saturated heterocycles. The summed E-state index contributed by atoms with van der Waals surface area (Å²) in [5.74, 6) is 1.91. The van der Waals surface area contributed by atoms with Gasteiger partial charge in [0.15, 0.2) is 0 Å². The van der Waals surface area contributed by atoms with Crippen LogP contribution in [0.2, 0.25) is 0 Å². The molecule has 18 heavy (non-hydrogen) atoms. The van der Waals surface area contributed by atoms with Crippen LogP contribution in [0.25, 0.3) is 0 Å². The van der Waals surface area contributed by atoms with Gasteiger partial charge in [-0.05, 0) is 19.8 Å².